The van der Waals surface area contributed by atoms with Gasteiger partial charge >= 0.3 is 0 Å². The van der Waals surface area contributed by atoms with Gasteiger partial charge in [-0.25, -0.2) is 0 Å². The first-order valence-electron chi connectivity index (χ1n) is 11.1. The van der Waals surface area contributed by atoms with Gasteiger partial charge in [-0.3, -0.25) is 9.89 Å². The number of nitrogens with one attached hydrogen (secondary N) is 2. The Kier molecular flexibility index (Phi) is 8.79. The molecule has 1 fully saturated rings. The van der Waals surface area contributed by atoms with E-state index in [4.69, 9.17) is 13.9 Å². The summed E-state index contributed by atoms with van der Waals surface area (Å²) in [5, 5.41) is 6.90. The number of aryl methyl sites for hydroxylation is 2. The van der Waals surface area contributed by atoms with Gasteiger partial charge < -0.3 is 24.5 Å². The van der Waals surface area contributed by atoms with Gasteiger partial charge in [0.2, 0.25) is 0 Å². The predicted molar refractivity (Wildman–Crippen MR) is 124 cm³/mol. The normalized spacial score (nSPS) is 15.8. The SMILES string of the molecule is CN=C(NCc1ccc(C)cc1OCCOC)NCC(c1ccc(C)o1)N1CCCC1. The molecule has 2 aromatic rings. The molecule has 1 unspecified atom stereocenters. The van der Waals surface area contributed by atoms with Gasteiger partial charge in [0, 0.05) is 32.8 Å². The van der Waals surface area contributed by atoms with Crippen LogP contribution in [0.1, 0.15) is 41.5 Å². The lowest BCUT2D eigenvalue weighted by molar-refractivity contribution is 0.145. The van der Waals surface area contributed by atoms with Crippen LogP contribution in [-0.2, 0) is 11.3 Å². The van der Waals surface area contributed by atoms with Gasteiger partial charge in [-0.2, -0.15) is 0 Å². The second kappa shape index (κ2) is 11.8. The summed E-state index contributed by atoms with van der Waals surface area (Å²) >= 11 is 0. The van der Waals surface area contributed by atoms with Crippen LogP contribution in [0.25, 0.3) is 0 Å². The number of aliphatic imine (C=N–C) groups is 1. The highest BCUT2D eigenvalue weighted by molar-refractivity contribution is 5.79. The minimum atomic E-state index is 0.196. The molecule has 0 amide bonds. The second-order valence-corrected chi connectivity index (χ2v) is 7.97. The number of furan rings is 1. The van der Waals surface area contributed by atoms with Crippen LogP contribution in [0.5, 0.6) is 5.75 Å². The Balaban J connectivity index is 1.60. The molecular formula is C24H36N4O3. The van der Waals surface area contributed by atoms with E-state index in [2.05, 4.69) is 51.7 Å². The van der Waals surface area contributed by atoms with E-state index in [1.807, 2.05) is 13.0 Å². The van der Waals surface area contributed by atoms with Gasteiger partial charge in [-0.05, 0) is 63.5 Å². The highest BCUT2D eigenvalue weighted by Gasteiger charge is 2.26. The van der Waals surface area contributed by atoms with Gasteiger partial charge in [-0.1, -0.05) is 12.1 Å². The number of hydrogen-bond donors (Lipinski definition) is 2. The quantitative estimate of drug-likeness (QED) is 0.343. The maximum absolute atomic E-state index is 5.96. The molecule has 0 radical (unpaired) electrons. The molecule has 1 aliphatic rings. The molecular weight excluding hydrogens is 392 g/mol. The van der Waals surface area contributed by atoms with Gasteiger partial charge in [0.25, 0.3) is 0 Å². The average Bonchev–Trinajstić information content (AvgIpc) is 3.44. The number of guanidine groups is 1. The molecule has 7 nitrogen and oxygen atoms in total. The van der Waals surface area contributed by atoms with E-state index in [1.54, 1.807) is 14.2 Å². The summed E-state index contributed by atoms with van der Waals surface area (Å²) in [6.07, 6.45) is 2.48. The summed E-state index contributed by atoms with van der Waals surface area (Å²) in [6.45, 7) is 8.71. The van der Waals surface area contributed by atoms with E-state index in [1.165, 1.54) is 18.4 Å². The predicted octanol–water partition coefficient (Wildman–Crippen LogP) is 3.42. The molecule has 0 aliphatic carbocycles. The van der Waals surface area contributed by atoms with Crippen molar-refractivity contribution in [2.75, 3.05) is 47.0 Å². The van der Waals surface area contributed by atoms with Crippen LogP contribution in [0, 0.1) is 13.8 Å². The van der Waals surface area contributed by atoms with E-state index >= 15 is 0 Å². The Morgan fingerprint density at radius 3 is 2.61 bits per heavy atom. The van der Waals surface area contributed by atoms with E-state index in [-0.39, 0.29) is 6.04 Å². The lowest BCUT2D eigenvalue weighted by atomic mass is 10.1. The fraction of sp³-hybridized carbons (Fsp3) is 0.542. The summed E-state index contributed by atoms with van der Waals surface area (Å²) in [7, 11) is 3.47. The fourth-order valence-corrected chi connectivity index (χ4v) is 3.87. The van der Waals surface area contributed by atoms with Crippen LogP contribution in [0.15, 0.2) is 39.7 Å². The van der Waals surface area contributed by atoms with Crippen molar-refractivity contribution in [3.8, 4) is 5.75 Å². The number of nitrogens with zero attached hydrogens (tertiary/aromatic N) is 2. The molecule has 1 atom stereocenters. The zero-order valence-electron chi connectivity index (χ0n) is 19.2. The molecule has 31 heavy (non-hydrogen) atoms. The smallest absolute Gasteiger partial charge is 0.191 e. The Morgan fingerprint density at radius 2 is 1.94 bits per heavy atom. The molecule has 0 saturated carbocycles. The number of ether oxygens (including phenoxy) is 2. The van der Waals surface area contributed by atoms with Crippen molar-refractivity contribution in [1.29, 1.82) is 0 Å². The van der Waals surface area contributed by atoms with Gasteiger partial charge in [0.15, 0.2) is 5.96 Å². The molecule has 2 N–H and O–H groups in total. The highest BCUT2D eigenvalue weighted by atomic mass is 16.5. The Bertz CT molecular complexity index is 843. The first-order valence-corrected chi connectivity index (χ1v) is 11.1. The van der Waals surface area contributed by atoms with Gasteiger partial charge in [0.1, 0.15) is 23.9 Å². The van der Waals surface area contributed by atoms with Crippen molar-refractivity contribution >= 4 is 5.96 Å². The summed E-state index contributed by atoms with van der Waals surface area (Å²) in [4.78, 5) is 6.89. The standard InChI is InChI=1S/C24H36N4O3/c1-18-7-9-20(23(15-18)30-14-13-29-4)16-26-24(25-3)27-17-21(28-11-5-6-12-28)22-10-8-19(2)31-22/h7-10,15,21H,5-6,11-14,16-17H2,1-4H3,(H2,25,26,27). The van der Waals surface area contributed by atoms with Crippen molar-refractivity contribution in [3.63, 3.8) is 0 Å². The molecule has 0 spiro atoms. The topological polar surface area (TPSA) is 71.3 Å². The van der Waals surface area contributed by atoms with E-state index in [0.29, 0.717) is 19.8 Å². The molecule has 1 aromatic heterocycles. The van der Waals surface area contributed by atoms with Crippen LogP contribution >= 0.6 is 0 Å². The summed E-state index contributed by atoms with van der Waals surface area (Å²) < 4.78 is 17.0. The van der Waals surface area contributed by atoms with Crippen molar-refractivity contribution in [3.05, 3.63) is 53.0 Å². The fourth-order valence-electron chi connectivity index (χ4n) is 3.87. The van der Waals surface area contributed by atoms with Crippen LogP contribution in [0.4, 0.5) is 0 Å². The third-order valence-corrected chi connectivity index (χ3v) is 5.57. The van der Waals surface area contributed by atoms with Crippen molar-refractivity contribution in [2.45, 2.75) is 39.3 Å². The minimum absolute atomic E-state index is 0.196. The lowest BCUT2D eigenvalue weighted by Gasteiger charge is -2.27. The number of likely N-dealkylation sites (tertiary alicyclic amines) is 1. The zero-order valence-corrected chi connectivity index (χ0v) is 19.2. The second-order valence-electron chi connectivity index (χ2n) is 7.97. The highest BCUT2D eigenvalue weighted by Crippen LogP contribution is 2.26. The molecule has 1 saturated heterocycles. The third-order valence-electron chi connectivity index (χ3n) is 5.57. The van der Waals surface area contributed by atoms with Crippen LogP contribution in [0.3, 0.4) is 0 Å². The Hall–Kier alpha value is -2.51. The number of hydrogen-bond acceptors (Lipinski definition) is 5. The van der Waals surface area contributed by atoms with Crippen molar-refractivity contribution < 1.29 is 13.9 Å². The van der Waals surface area contributed by atoms with Crippen LogP contribution in [0.2, 0.25) is 0 Å². The van der Waals surface area contributed by atoms with E-state index in [0.717, 1.165) is 48.4 Å². The van der Waals surface area contributed by atoms with Crippen LogP contribution in [-0.4, -0.2) is 57.9 Å². The summed E-state index contributed by atoms with van der Waals surface area (Å²) in [5.74, 6) is 3.59. The summed E-state index contributed by atoms with van der Waals surface area (Å²) in [6, 6.07) is 10.6. The van der Waals surface area contributed by atoms with Crippen LogP contribution < -0.4 is 15.4 Å². The molecule has 1 aromatic carbocycles. The number of methoxy groups -OCH3 is 1. The molecule has 3 rings (SSSR count). The molecule has 2 heterocycles. The maximum atomic E-state index is 5.96. The van der Waals surface area contributed by atoms with Gasteiger partial charge in [-0.15, -0.1) is 0 Å². The number of rotatable bonds is 10. The largest absolute Gasteiger partial charge is 0.491 e. The number of benzene rings is 1. The minimum Gasteiger partial charge on any atom is -0.491 e. The monoisotopic (exact) mass is 428 g/mol. The molecule has 170 valence electrons. The molecule has 0 bridgehead atoms. The Morgan fingerprint density at radius 1 is 1.13 bits per heavy atom. The first kappa shape index (κ1) is 23.2. The van der Waals surface area contributed by atoms with E-state index < -0.39 is 0 Å². The van der Waals surface area contributed by atoms with E-state index in [9.17, 15) is 0 Å². The third kappa shape index (κ3) is 6.74. The molecule has 1 aliphatic heterocycles. The zero-order chi connectivity index (χ0) is 22.1. The molecule has 7 heteroatoms. The first-order chi connectivity index (χ1) is 15.1. The Labute approximate surface area is 185 Å². The maximum Gasteiger partial charge on any atom is 0.191 e. The van der Waals surface area contributed by atoms with Gasteiger partial charge in [0.05, 0.1) is 12.6 Å². The van der Waals surface area contributed by atoms with Crippen molar-refractivity contribution in [2.24, 2.45) is 4.99 Å². The van der Waals surface area contributed by atoms with Crippen molar-refractivity contribution in [1.82, 2.24) is 15.5 Å². The lowest BCUT2D eigenvalue weighted by Crippen LogP contribution is -2.42. The summed E-state index contributed by atoms with van der Waals surface area (Å²) in [5.41, 5.74) is 2.25. The average molecular weight is 429 g/mol.